The van der Waals surface area contributed by atoms with Crippen molar-refractivity contribution < 1.29 is 24.2 Å². The third-order valence-electron chi connectivity index (χ3n) is 2.63. The van der Waals surface area contributed by atoms with Crippen LogP contribution in [-0.2, 0) is 19.1 Å². The Morgan fingerprint density at radius 2 is 1.86 bits per heavy atom. The standard InChI is InChI=1S/C14H19N3O5/c1-10(19)17(12-4-2-11(15)3-5-12)14(21)13(20)16-6-8-22-9-7-18/h2-5,18H,6-9,15H2,1H3,(H,16,20). The highest BCUT2D eigenvalue weighted by atomic mass is 16.5. The number of carbonyl (C=O) groups is 3. The first-order valence-electron chi connectivity index (χ1n) is 6.64. The van der Waals surface area contributed by atoms with E-state index in [2.05, 4.69) is 5.32 Å². The SMILES string of the molecule is CC(=O)N(C(=O)C(=O)NCCOCCO)c1ccc(N)cc1. The molecule has 4 N–H and O–H groups in total. The first-order chi connectivity index (χ1) is 10.5. The van der Waals surface area contributed by atoms with E-state index in [1.54, 1.807) is 0 Å². The number of ether oxygens (including phenoxy) is 1. The summed E-state index contributed by atoms with van der Waals surface area (Å²) < 4.78 is 4.95. The van der Waals surface area contributed by atoms with Crippen LogP contribution in [0.25, 0.3) is 0 Å². The Balaban J connectivity index is 2.67. The van der Waals surface area contributed by atoms with Crippen molar-refractivity contribution in [2.24, 2.45) is 0 Å². The summed E-state index contributed by atoms with van der Waals surface area (Å²) in [4.78, 5) is 36.2. The molecule has 0 aliphatic carbocycles. The van der Waals surface area contributed by atoms with Gasteiger partial charge in [-0.05, 0) is 24.3 Å². The number of nitrogens with two attached hydrogens (primary N) is 1. The van der Waals surface area contributed by atoms with E-state index in [1.807, 2.05) is 0 Å². The Labute approximate surface area is 127 Å². The van der Waals surface area contributed by atoms with Crippen LogP contribution in [0.3, 0.4) is 0 Å². The van der Waals surface area contributed by atoms with Gasteiger partial charge in [-0.1, -0.05) is 0 Å². The Hall–Kier alpha value is -2.45. The van der Waals surface area contributed by atoms with Gasteiger partial charge in [0.05, 0.1) is 25.5 Å². The predicted molar refractivity (Wildman–Crippen MR) is 79.9 cm³/mol. The van der Waals surface area contributed by atoms with E-state index in [0.717, 1.165) is 4.90 Å². The molecule has 0 aromatic heterocycles. The molecule has 0 fully saturated rings. The minimum Gasteiger partial charge on any atom is -0.399 e. The number of rotatable bonds is 6. The second kappa shape index (κ2) is 8.75. The van der Waals surface area contributed by atoms with Gasteiger partial charge in [-0.3, -0.25) is 14.4 Å². The third kappa shape index (κ3) is 5.15. The summed E-state index contributed by atoms with van der Waals surface area (Å²) >= 11 is 0. The van der Waals surface area contributed by atoms with Gasteiger partial charge < -0.3 is 20.9 Å². The van der Waals surface area contributed by atoms with Crippen LogP contribution in [0.5, 0.6) is 0 Å². The number of nitrogens with zero attached hydrogens (tertiary/aromatic N) is 1. The van der Waals surface area contributed by atoms with Gasteiger partial charge in [-0.25, -0.2) is 4.90 Å². The molecular formula is C14H19N3O5. The number of carbonyl (C=O) groups excluding carboxylic acids is 3. The summed E-state index contributed by atoms with van der Waals surface area (Å²) in [5.41, 5.74) is 6.28. The Kier molecular flexibility index (Phi) is 7.00. The van der Waals surface area contributed by atoms with Crippen LogP contribution in [0.2, 0.25) is 0 Å². The fourth-order valence-electron chi connectivity index (χ4n) is 1.65. The topological polar surface area (TPSA) is 122 Å². The summed E-state index contributed by atoms with van der Waals surface area (Å²) in [6, 6.07) is 6.01. The van der Waals surface area contributed by atoms with E-state index in [-0.39, 0.29) is 32.1 Å². The molecule has 0 aliphatic heterocycles. The van der Waals surface area contributed by atoms with Crippen molar-refractivity contribution in [1.82, 2.24) is 5.32 Å². The van der Waals surface area contributed by atoms with E-state index < -0.39 is 17.7 Å². The minimum atomic E-state index is -0.987. The predicted octanol–water partition coefficient (Wildman–Crippen LogP) is -0.727. The second-order valence-corrected chi connectivity index (χ2v) is 4.34. The molecule has 0 unspecified atom stereocenters. The Morgan fingerprint density at radius 3 is 2.41 bits per heavy atom. The van der Waals surface area contributed by atoms with Crippen molar-refractivity contribution in [3.8, 4) is 0 Å². The summed E-state index contributed by atoms with van der Waals surface area (Å²) in [5, 5.41) is 10.9. The van der Waals surface area contributed by atoms with Gasteiger partial charge in [0, 0.05) is 19.2 Å². The van der Waals surface area contributed by atoms with Crippen LogP contribution < -0.4 is 16.0 Å². The lowest BCUT2D eigenvalue weighted by atomic mass is 10.2. The van der Waals surface area contributed by atoms with Crippen LogP contribution in [0, 0.1) is 0 Å². The Bertz CT molecular complexity index is 530. The lowest BCUT2D eigenvalue weighted by Crippen LogP contribution is -2.46. The van der Waals surface area contributed by atoms with Crippen molar-refractivity contribution >= 4 is 29.1 Å². The monoisotopic (exact) mass is 309 g/mol. The van der Waals surface area contributed by atoms with E-state index in [1.165, 1.54) is 31.2 Å². The fraction of sp³-hybridized carbons (Fsp3) is 0.357. The van der Waals surface area contributed by atoms with E-state index in [0.29, 0.717) is 5.69 Å². The molecular weight excluding hydrogens is 290 g/mol. The number of hydrogen-bond acceptors (Lipinski definition) is 6. The molecule has 1 rings (SSSR count). The normalized spacial score (nSPS) is 10.1. The van der Waals surface area contributed by atoms with E-state index >= 15 is 0 Å². The number of aliphatic hydroxyl groups excluding tert-OH is 1. The van der Waals surface area contributed by atoms with Gasteiger partial charge in [0.25, 0.3) is 0 Å². The molecule has 0 spiro atoms. The molecule has 0 radical (unpaired) electrons. The van der Waals surface area contributed by atoms with Gasteiger partial charge >= 0.3 is 11.8 Å². The smallest absolute Gasteiger partial charge is 0.323 e. The minimum absolute atomic E-state index is 0.0953. The van der Waals surface area contributed by atoms with Crippen molar-refractivity contribution in [3.05, 3.63) is 24.3 Å². The molecule has 120 valence electrons. The second-order valence-electron chi connectivity index (χ2n) is 4.34. The molecule has 0 saturated heterocycles. The van der Waals surface area contributed by atoms with Crippen LogP contribution in [0.4, 0.5) is 11.4 Å². The molecule has 0 bridgehead atoms. The number of benzene rings is 1. The number of hydrogen-bond donors (Lipinski definition) is 3. The van der Waals surface area contributed by atoms with Crippen molar-refractivity contribution in [3.63, 3.8) is 0 Å². The number of amides is 3. The number of aliphatic hydroxyl groups is 1. The maximum Gasteiger partial charge on any atom is 0.323 e. The molecule has 3 amide bonds. The zero-order valence-corrected chi connectivity index (χ0v) is 12.2. The summed E-state index contributed by atoms with van der Waals surface area (Å²) in [5.74, 6) is -2.49. The number of anilines is 2. The summed E-state index contributed by atoms with van der Waals surface area (Å²) in [6.45, 7) is 1.46. The maximum atomic E-state index is 12.1. The maximum absolute atomic E-state index is 12.1. The van der Waals surface area contributed by atoms with Crippen LogP contribution in [-0.4, -0.2) is 49.2 Å². The molecule has 8 heteroatoms. The average Bonchev–Trinajstić information content (AvgIpc) is 2.48. The molecule has 0 saturated carbocycles. The van der Waals surface area contributed by atoms with Crippen molar-refractivity contribution in [2.75, 3.05) is 37.0 Å². The van der Waals surface area contributed by atoms with Gasteiger partial charge in [0.15, 0.2) is 0 Å². The number of imide groups is 1. The van der Waals surface area contributed by atoms with Gasteiger partial charge in [0.2, 0.25) is 5.91 Å². The molecule has 1 aromatic carbocycles. The van der Waals surface area contributed by atoms with Crippen molar-refractivity contribution in [2.45, 2.75) is 6.92 Å². The third-order valence-corrected chi connectivity index (χ3v) is 2.63. The molecule has 8 nitrogen and oxygen atoms in total. The van der Waals surface area contributed by atoms with Gasteiger partial charge in [0.1, 0.15) is 0 Å². The lowest BCUT2D eigenvalue weighted by Gasteiger charge is -2.18. The van der Waals surface area contributed by atoms with Crippen LogP contribution >= 0.6 is 0 Å². The average molecular weight is 309 g/mol. The fourth-order valence-corrected chi connectivity index (χ4v) is 1.65. The van der Waals surface area contributed by atoms with Crippen molar-refractivity contribution in [1.29, 1.82) is 0 Å². The zero-order valence-electron chi connectivity index (χ0n) is 12.2. The largest absolute Gasteiger partial charge is 0.399 e. The summed E-state index contributed by atoms with van der Waals surface area (Å²) in [7, 11) is 0. The highest BCUT2D eigenvalue weighted by Crippen LogP contribution is 2.16. The highest BCUT2D eigenvalue weighted by Gasteiger charge is 2.26. The quantitative estimate of drug-likeness (QED) is 0.362. The van der Waals surface area contributed by atoms with Gasteiger partial charge in [-0.15, -0.1) is 0 Å². The van der Waals surface area contributed by atoms with Crippen LogP contribution in [0.15, 0.2) is 24.3 Å². The van der Waals surface area contributed by atoms with Crippen LogP contribution in [0.1, 0.15) is 6.92 Å². The molecule has 0 atom stereocenters. The van der Waals surface area contributed by atoms with Gasteiger partial charge in [-0.2, -0.15) is 0 Å². The van der Waals surface area contributed by atoms with E-state index in [9.17, 15) is 14.4 Å². The summed E-state index contributed by atoms with van der Waals surface area (Å²) in [6.07, 6.45) is 0. The highest BCUT2D eigenvalue weighted by molar-refractivity contribution is 6.45. The molecule has 0 heterocycles. The number of nitrogen functional groups attached to an aromatic ring is 1. The lowest BCUT2D eigenvalue weighted by molar-refractivity contribution is -0.139. The molecule has 1 aromatic rings. The molecule has 0 aliphatic rings. The Morgan fingerprint density at radius 1 is 1.23 bits per heavy atom. The van der Waals surface area contributed by atoms with E-state index in [4.69, 9.17) is 15.6 Å². The first-order valence-corrected chi connectivity index (χ1v) is 6.64. The zero-order chi connectivity index (χ0) is 16.5. The first kappa shape index (κ1) is 17.6. The molecule has 22 heavy (non-hydrogen) atoms. The number of nitrogens with one attached hydrogen (secondary N) is 1.